The molecule has 110 valence electrons. The Morgan fingerprint density at radius 3 is 2.50 bits per heavy atom. The van der Waals surface area contributed by atoms with Gasteiger partial charge in [-0.05, 0) is 37.6 Å². The molecule has 20 heavy (non-hydrogen) atoms. The fourth-order valence-corrected chi connectivity index (χ4v) is 1.61. The number of hydrogen-bond acceptors (Lipinski definition) is 3. The van der Waals surface area contributed by atoms with Gasteiger partial charge in [-0.2, -0.15) is 0 Å². The van der Waals surface area contributed by atoms with Crippen molar-refractivity contribution < 1.29 is 19.1 Å². The second kappa shape index (κ2) is 7.59. The first-order valence-corrected chi connectivity index (χ1v) is 6.36. The van der Waals surface area contributed by atoms with Crippen LogP contribution in [0.2, 0.25) is 0 Å². The van der Waals surface area contributed by atoms with Gasteiger partial charge in [0.15, 0.2) is 0 Å². The molecule has 0 radical (unpaired) electrons. The van der Waals surface area contributed by atoms with E-state index in [-0.39, 0.29) is 25.1 Å². The third kappa shape index (κ3) is 4.62. The molecule has 1 rings (SSSR count). The summed E-state index contributed by atoms with van der Waals surface area (Å²) < 4.78 is 12.7. The van der Waals surface area contributed by atoms with E-state index in [1.807, 2.05) is 6.92 Å². The normalized spacial score (nSPS) is 11.8. The summed E-state index contributed by atoms with van der Waals surface area (Å²) in [6.07, 6.45) is 0.480. The van der Waals surface area contributed by atoms with Crippen LogP contribution in [0, 0.1) is 5.82 Å². The van der Waals surface area contributed by atoms with Crippen LogP contribution < -0.4 is 5.32 Å². The fourth-order valence-electron chi connectivity index (χ4n) is 1.61. The van der Waals surface area contributed by atoms with E-state index < -0.39 is 11.7 Å². The number of aliphatic hydroxyl groups is 1. The van der Waals surface area contributed by atoms with Gasteiger partial charge in [0.2, 0.25) is 5.91 Å². The first-order chi connectivity index (χ1) is 9.45. The van der Waals surface area contributed by atoms with Crippen LogP contribution >= 0.6 is 0 Å². The van der Waals surface area contributed by atoms with Crippen LogP contribution in [0.4, 0.5) is 4.39 Å². The molecule has 0 aliphatic rings. The third-order valence-electron chi connectivity index (χ3n) is 3.11. The van der Waals surface area contributed by atoms with E-state index in [9.17, 15) is 14.0 Å². The van der Waals surface area contributed by atoms with E-state index in [0.29, 0.717) is 12.0 Å². The number of carbonyl (C=O) groups excluding carboxylic acids is 2. The van der Waals surface area contributed by atoms with Gasteiger partial charge >= 0.3 is 0 Å². The quantitative estimate of drug-likeness (QED) is 0.810. The lowest BCUT2D eigenvalue weighted by Crippen LogP contribution is -2.42. The fraction of sp³-hybridized carbons (Fsp3) is 0.429. The highest BCUT2D eigenvalue weighted by atomic mass is 19.1. The van der Waals surface area contributed by atoms with Gasteiger partial charge in [0.25, 0.3) is 5.91 Å². The molecule has 0 spiro atoms. The second-order valence-corrected chi connectivity index (χ2v) is 4.56. The minimum atomic E-state index is -0.429. The van der Waals surface area contributed by atoms with Crippen molar-refractivity contribution in [2.75, 3.05) is 20.2 Å². The van der Waals surface area contributed by atoms with Crippen LogP contribution in [0.1, 0.15) is 23.7 Å². The molecule has 0 aliphatic carbocycles. The smallest absolute Gasteiger partial charge is 0.251 e. The van der Waals surface area contributed by atoms with Crippen LogP contribution in [-0.2, 0) is 4.79 Å². The predicted octanol–water partition coefficient (Wildman–Crippen LogP) is 0.785. The molecular weight excluding hydrogens is 263 g/mol. The Balaban J connectivity index is 2.48. The molecule has 6 heteroatoms. The number of nitrogens with zero attached hydrogens (tertiary/aromatic N) is 1. The van der Waals surface area contributed by atoms with Gasteiger partial charge < -0.3 is 15.3 Å². The highest BCUT2D eigenvalue weighted by Crippen LogP contribution is 2.03. The summed E-state index contributed by atoms with van der Waals surface area (Å²) in [7, 11) is 1.62. The molecule has 0 aliphatic heterocycles. The molecule has 0 bridgehead atoms. The number of nitrogens with one attached hydrogen (secondary N) is 1. The van der Waals surface area contributed by atoms with Gasteiger partial charge in [0.05, 0.1) is 6.54 Å². The zero-order valence-corrected chi connectivity index (χ0v) is 11.6. The second-order valence-electron chi connectivity index (χ2n) is 4.56. The number of amides is 2. The molecule has 5 nitrogen and oxygen atoms in total. The molecule has 1 aromatic carbocycles. The highest BCUT2D eigenvalue weighted by molar-refractivity contribution is 5.96. The summed E-state index contributed by atoms with van der Waals surface area (Å²) in [5.74, 6) is -1.10. The first kappa shape index (κ1) is 16.1. The number of carbonyl (C=O) groups is 2. The Bertz CT molecular complexity index is 462. The summed E-state index contributed by atoms with van der Waals surface area (Å²) in [5.41, 5.74) is 0.297. The summed E-state index contributed by atoms with van der Waals surface area (Å²) in [5, 5.41) is 11.3. The van der Waals surface area contributed by atoms with Crippen LogP contribution in [-0.4, -0.2) is 48.1 Å². The lowest BCUT2D eigenvalue weighted by Gasteiger charge is -2.24. The molecule has 1 atom stereocenters. The number of benzene rings is 1. The van der Waals surface area contributed by atoms with Crippen LogP contribution in [0.25, 0.3) is 0 Å². The molecule has 2 N–H and O–H groups in total. The van der Waals surface area contributed by atoms with Gasteiger partial charge in [0, 0.05) is 25.3 Å². The number of aliphatic hydroxyl groups excluding tert-OH is 1. The van der Waals surface area contributed by atoms with Crippen molar-refractivity contribution in [1.82, 2.24) is 10.2 Å². The van der Waals surface area contributed by atoms with Gasteiger partial charge in [-0.1, -0.05) is 0 Å². The molecule has 1 aromatic rings. The van der Waals surface area contributed by atoms with Crippen molar-refractivity contribution in [3.8, 4) is 0 Å². The lowest BCUT2D eigenvalue weighted by atomic mass is 10.2. The SMILES string of the molecule is CC(CCO)N(C)C(=O)CNC(=O)c1ccc(F)cc1. The van der Waals surface area contributed by atoms with Crippen molar-refractivity contribution in [3.63, 3.8) is 0 Å². The maximum Gasteiger partial charge on any atom is 0.251 e. The van der Waals surface area contributed by atoms with Crippen molar-refractivity contribution in [2.24, 2.45) is 0 Å². The molecule has 2 amide bonds. The molecule has 0 aromatic heterocycles. The minimum absolute atomic E-state index is 0.000719. The number of likely N-dealkylation sites (N-methyl/N-ethyl adjacent to an activating group) is 1. The van der Waals surface area contributed by atoms with Crippen LogP contribution in [0.5, 0.6) is 0 Å². The van der Waals surface area contributed by atoms with Crippen molar-refractivity contribution >= 4 is 11.8 Å². The summed E-state index contributed by atoms with van der Waals surface area (Å²) in [6.45, 7) is 1.68. The summed E-state index contributed by atoms with van der Waals surface area (Å²) in [6, 6.07) is 4.98. The first-order valence-electron chi connectivity index (χ1n) is 6.36. The van der Waals surface area contributed by atoms with Gasteiger partial charge in [-0.3, -0.25) is 9.59 Å². The predicted molar refractivity (Wildman–Crippen MR) is 72.7 cm³/mol. The standard InChI is InChI=1S/C14H19FN2O3/c1-10(7-8-18)17(2)13(19)9-16-14(20)11-3-5-12(15)6-4-11/h3-6,10,18H,7-9H2,1-2H3,(H,16,20). The average Bonchev–Trinajstić information content (AvgIpc) is 2.44. The lowest BCUT2D eigenvalue weighted by molar-refractivity contribution is -0.130. The van der Waals surface area contributed by atoms with Crippen LogP contribution in [0.15, 0.2) is 24.3 Å². The van der Waals surface area contributed by atoms with Crippen LogP contribution in [0.3, 0.4) is 0 Å². The third-order valence-corrected chi connectivity index (χ3v) is 3.11. The molecular formula is C14H19FN2O3. The van der Waals surface area contributed by atoms with E-state index in [1.54, 1.807) is 7.05 Å². The van der Waals surface area contributed by atoms with E-state index in [1.165, 1.54) is 29.2 Å². The minimum Gasteiger partial charge on any atom is -0.396 e. The zero-order chi connectivity index (χ0) is 15.1. The highest BCUT2D eigenvalue weighted by Gasteiger charge is 2.16. The molecule has 0 fully saturated rings. The van der Waals surface area contributed by atoms with Crippen molar-refractivity contribution in [2.45, 2.75) is 19.4 Å². The Morgan fingerprint density at radius 2 is 1.95 bits per heavy atom. The monoisotopic (exact) mass is 282 g/mol. The number of rotatable bonds is 6. The zero-order valence-electron chi connectivity index (χ0n) is 11.6. The largest absolute Gasteiger partial charge is 0.396 e. The van der Waals surface area contributed by atoms with E-state index in [2.05, 4.69) is 5.32 Å². The summed E-state index contributed by atoms with van der Waals surface area (Å²) >= 11 is 0. The van der Waals surface area contributed by atoms with Gasteiger partial charge in [0.1, 0.15) is 5.82 Å². The molecule has 0 heterocycles. The molecule has 1 unspecified atom stereocenters. The average molecular weight is 282 g/mol. The summed E-state index contributed by atoms with van der Waals surface area (Å²) in [4.78, 5) is 25.0. The Labute approximate surface area is 117 Å². The number of hydrogen-bond donors (Lipinski definition) is 2. The molecule has 0 saturated carbocycles. The van der Waals surface area contributed by atoms with E-state index in [0.717, 1.165) is 0 Å². The molecule has 0 saturated heterocycles. The Hall–Kier alpha value is -1.95. The van der Waals surface area contributed by atoms with Gasteiger partial charge in [-0.15, -0.1) is 0 Å². The Kier molecular flexibility index (Phi) is 6.11. The van der Waals surface area contributed by atoms with Crippen molar-refractivity contribution in [1.29, 1.82) is 0 Å². The van der Waals surface area contributed by atoms with E-state index in [4.69, 9.17) is 5.11 Å². The van der Waals surface area contributed by atoms with Crippen molar-refractivity contribution in [3.05, 3.63) is 35.6 Å². The van der Waals surface area contributed by atoms with Gasteiger partial charge in [-0.25, -0.2) is 4.39 Å². The Morgan fingerprint density at radius 1 is 1.35 bits per heavy atom. The topological polar surface area (TPSA) is 69.6 Å². The van der Waals surface area contributed by atoms with E-state index >= 15 is 0 Å². The maximum absolute atomic E-state index is 12.7. The number of halogens is 1. The maximum atomic E-state index is 12.7.